The van der Waals surface area contributed by atoms with E-state index in [0.29, 0.717) is 16.6 Å². The summed E-state index contributed by atoms with van der Waals surface area (Å²) in [6, 6.07) is 11.6. The average molecular weight is 402 g/mol. The largest absolute Gasteiger partial charge is 0.496 e. The molecule has 1 aromatic heterocycles. The Bertz CT molecular complexity index is 791. The minimum atomic E-state index is 0.00269. The van der Waals surface area contributed by atoms with Crippen LogP contribution in [0.25, 0.3) is 0 Å². The van der Waals surface area contributed by atoms with Crippen molar-refractivity contribution in [3.05, 3.63) is 58.9 Å². The predicted molar refractivity (Wildman–Crippen MR) is 112 cm³/mol. The van der Waals surface area contributed by atoms with Crippen molar-refractivity contribution in [2.24, 2.45) is 5.92 Å². The fraction of sp³-hybridized carbons (Fsp3) is 0.455. The summed E-state index contributed by atoms with van der Waals surface area (Å²) in [6.07, 6.45) is 4.79. The number of halogens is 1. The number of aromatic nitrogens is 1. The summed E-state index contributed by atoms with van der Waals surface area (Å²) in [7, 11) is 3.59. The molecule has 0 aliphatic carbocycles. The van der Waals surface area contributed by atoms with Gasteiger partial charge in [0, 0.05) is 31.9 Å². The summed E-state index contributed by atoms with van der Waals surface area (Å²) < 4.78 is 5.44. The maximum Gasteiger partial charge on any atom is 0.253 e. The molecule has 1 aliphatic heterocycles. The van der Waals surface area contributed by atoms with Gasteiger partial charge >= 0.3 is 0 Å². The average Bonchev–Trinajstić information content (AvgIpc) is 2.73. The van der Waals surface area contributed by atoms with Crippen LogP contribution in [0.1, 0.15) is 28.8 Å². The number of pyridine rings is 1. The first kappa shape index (κ1) is 20.6. The van der Waals surface area contributed by atoms with Crippen molar-refractivity contribution < 1.29 is 9.53 Å². The number of rotatable bonds is 7. The van der Waals surface area contributed by atoms with E-state index >= 15 is 0 Å². The maximum atomic E-state index is 12.6. The van der Waals surface area contributed by atoms with E-state index in [4.69, 9.17) is 16.3 Å². The number of benzene rings is 1. The van der Waals surface area contributed by atoms with Gasteiger partial charge in [-0.2, -0.15) is 0 Å². The van der Waals surface area contributed by atoms with Crippen LogP contribution in [0.4, 0.5) is 0 Å². The van der Waals surface area contributed by atoms with Crippen molar-refractivity contribution >= 4 is 17.5 Å². The number of hydrogen-bond donors (Lipinski definition) is 0. The van der Waals surface area contributed by atoms with Crippen molar-refractivity contribution in [3.8, 4) is 5.75 Å². The number of para-hydroxylation sites is 1. The van der Waals surface area contributed by atoms with Crippen molar-refractivity contribution in [1.82, 2.24) is 14.8 Å². The standard InChI is InChI=1S/C22H28ClN3O2/c1-25(22(27)19-7-11-24-21(23)15-19)16-17-8-12-26(13-9-17)14-10-18-5-3-4-6-20(18)28-2/h3-7,11,15,17H,8-10,12-14,16H2,1-2H3. The highest BCUT2D eigenvalue weighted by Crippen LogP contribution is 2.22. The normalized spacial score (nSPS) is 15.4. The van der Waals surface area contributed by atoms with E-state index in [2.05, 4.69) is 22.0 Å². The zero-order valence-electron chi connectivity index (χ0n) is 16.6. The van der Waals surface area contributed by atoms with Crippen molar-refractivity contribution in [3.63, 3.8) is 0 Å². The molecule has 1 amide bonds. The van der Waals surface area contributed by atoms with Gasteiger partial charge in [-0.3, -0.25) is 4.79 Å². The third-order valence-electron chi connectivity index (χ3n) is 5.45. The summed E-state index contributed by atoms with van der Waals surface area (Å²) in [5, 5.41) is 0.350. The molecule has 5 nitrogen and oxygen atoms in total. The van der Waals surface area contributed by atoms with Crippen LogP contribution in [-0.4, -0.2) is 61.0 Å². The third-order valence-corrected chi connectivity index (χ3v) is 5.66. The van der Waals surface area contributed by atoms with E-state index in [1.54, 1.807) is 30.3 Å². The highest BCUT2D eigenvalue weighted by molar-refractivity contribution is 6.29. The summed E-state index contributed by atoms with van der Waals surface area (Å²) in [4.78, 5) is 20.8. The first-order chi connectivity index (χ1) is 13.6. The Morgan fingerprint density at radius 1 is 1.29 bits per heavy atom. The van der Waals surface area contributed by atoms with Crippen molar-refractivity contribution in [2.75, 3.05) is 40.3 Å². The molecule has 28 heavy (non-hydrogen) atoms. The molecule has 6 heteroatoms. The lowest BCUT2D eigenvalue weighted by Crippen LogP contribution is -2.40. The third kappa shape index (κ3) is 5.46. The molecule has 150 valence electrons. The van der Waals surface area contributed by atoms with Crippen molar-refractivity contribution in [2.45, 2.75) is 19.3 Å². The van der Waals surface area contributed by atoms with Crippen LogP contribution in [-0.2, 0) is 6.42 Å². The van der Waals surface area contributed by atoms with Gasteiger partial charge in [0.05, 0.1) is 7.11 Å². The quantitative estimate of drug-likeness (QED) is 0.662. The number of methoxy groups -OCH3 is 1. The molecular formula is C22H28ClN3O2. The van der Waals surface area contributed by atoms with Crippen LogP contribution in [0.5, 0.6) is 5.75 Å². The summed E-state index contributed by atoms with van der Waals surface area (Å²) in [6.45, 7) is 3.96. The summed E-state index contributed by atoms with van der Waals surface area (Å²) in [5.74, 6) is 1.51. The molecule has 0 N–H and O–H groups in total. The molecule has 2 aromatic rings. The zero-order chi connectivity index (χ0) is 19.9. The highest BCUT2D eigenvalue weighted by atomic mass is 35.5. The summed E-state index contributed by atoms with van der Waals surface area (Å²) in [5.41, 5.74) is 1.85. The van der Waals surface area contributed by atoms with Crippen LogP contribution in [0.3, 0.4) is 0 Å². The van der Waals surface area contributed by atoms with E-state index in [1.807, 2.05) is 19.2 Å². The molecule has 1 saturated heterocycles. The van der Waals surface area contributed by atoms with Gasteiger partial charge in [-0.1, -0.05) is 29.8 Å². The van der Waals surface area contributed by atoms with Gasteiger partial charge in [0.1, 0.15) is 10.9 Å². The lowest BCUT2D eigenvalue weighted by Gasteiger charge is -2.34. The summed E-state index contributed by atoms with van der Waals surface area (Å²) >= 11 is 5.90. The van der Waals surface area contributed by atoms with Crippen LogP contribution in [0.15, 0.2) is 42.6 Å². The topological polar surface area (TPSA) is 45.7 Å². The number of ether oxygens (including phenoxy) is 1. The second-order valence-corrected chi connectivity index (χ2v) is 7.79. The van der Waals surface area contributed by atoms with Gasteiger partial charge < -0.3 is 14.5 Å². The minimum absolute atomic E-state index is 0.00269. The second kappa shape index (κ2) is 9.89. The van der Waals surface area contributed by atoms with E-state index < -0.39 is 0 Å². The van der Waals surface area contributed by atoms with E-state index in [1.165, 1.54) is 5.56 Å². The van der Waals surface area contributed by atoms with E-state index in [9.17, 15) is 4.79 Å². The molecule has 1 aromatic carbocycles. The Hall–Kier alpha value is -2.11. The molecule has 1 fully saturated rings. The van der Waals surface area contributed by atoms with Crippen LogP contribution < -0.4 is 4.74 Å². The number of piperidine rings is 1. The first-order valence-corrected chi connectivity index (χ1v) is 10.2. The number of amides is 1. The van der Waals surface area contributed by atoms with Crippen molar-refractivity contribution in [1.29, 1.82) is 0 Å². The SMILES string of the molecule is COc1ccccc1CCN1CCC(CN(C)C(=O)c2ccnc(Cl)c2)CC1. The van der Waals surface area contributed by atoms with Gasteiger partial charge in [0.2, 0.25) is 0 Å². The first-order valence-electron chi connectivity index (χ1n) is 9.78. The van der Waals surface area contributed by atoms with Gasteiger partial charge in [0.25, 0.3) is 5.91 Å². The van der Waals surface area contributed by atoms with Crippen LogP contribution >= 0.6 is 11.6 Å². The Kier molecular flexibility index (Phi) is 7.29. The lowest BCUT2D eigenvalue weighted by molar-refractivity contribution is 0.0740. The van der Waals surface area contributed by atoms with Crippen LogP contribution in [0.2, 0.25) is 5.15 Å². The van der Waals surface area contributed by atoms with Gasteiger partial charge in [-0.15, -0.1) is 0 Å². The fourth-order valence-corrected chi connectivity index (χ4v) is 3.98. The molecule has 0 radical (unpaired) electrons. The molecular weight excluding hydrogens is 374 g/mol. The number of nitrogens with zero attached hydrogens (tertiary/aromatic N) is 3. The minimum Gasteiger partial charge on any atom is -0.496 e. The highest BCUT2D eigenvalue weighted by Gasteiger charge is 2.22. The number of likely N-dealkylation sites (tertiary alicyclic amines) is 1. The Morgan fingerprint density at radius 3 is 2.75 bits per heavy atom. The predicted octanol–water partition coefficient (Wildman–Crippen LogP) is 3.77. The molecule has 2 heterocycles. The molecule has 3 rings (SSSR count). The fourth-order valence-electron chi connectivity index (χ4n) is 3.81. The molecule has 0 spiro atoms. The molecule has 0 saturated carbocycles. The number of carbonyl (C=O) groups is 1. The molecule has 1 aliphatic rings. The Morgan fingerprint density at radius 2 is 2.04 bits per heavy atom. The Balaban J connectivity index is 1.44. The monoisotopic (exact) mass is 401 g/mol. The van der Waals surface area contributed by atoms with E-state index in [-0.39, 0.29) is 5.91 Å². The Labute approximate surface area is 172 Å². The molecule has 0 bridgehead atoms. The molecule has 0 atom stereocenters. The van der Waals surface area contributed by atoms with Crippen LogP contribution in [0, 0.1) is 5.92 Å². The molecule has 0 unspecified atom stereocenters. The van der Waals surface area contributed by atoms with Gasteiger partial charge in [0.15, 0.2) is 0 Å². The second-order valence-electron chi connectivity index (χ2n) is 7.40. The zero-order valence-corrected chi connectivity index (χ0v) is 17.4. The van der Waals surface area contributed by atoms with Gasteiger partial charge in [-0.25, -0.2) is 4.98 Å². The maximum absolute atomic E-state index is 12.6. The lowest BCUT2D eigenvalue weighted by atomic mass is 9.95. The van der Waals surface area contributed by atoms with Gasteiger partial charge in [-0.05, 0) is 62.0 Å². The number of carbonyl (C=O) groups excluding carboxylic acids is 1. The van der Waals surface area contributed by atoms with E-state index in [0.717, 1.165) is 51.2 Å². The number of hydrogen-bond acceptors (Lipinski definition) is 4. The smallest absolute Gasteiger partial charge is 0.253 e.